The van der Waals surface area contributed by atoms with Crippen molar-refractivity contribution in [1.82, 2.24) is 19.5 Å². The van der Waals surface area contributed by atoms with Crippen molar-refractivity contribution in [2.45, 2.75) is 83.3 Å². The lowest BCUT2D eigenvalue weighted by molar-refractivity contribution is -0.216. The van der Waals surface area contributed by atoms with Crippen LogP contribution in [0.1, 0.15) is 53.3 Å². The molecule has 2 saturated heterocycles. The number of carbonyl (C=O) groups excluding carboxylic acids is 1. The van der Waals surface area contributed by atoms with Crippen LogP contribution in [-0.4, -0.2) is 64.3 Å². The SMILES string of the molecule is CC(C)C(=O)Nc1nc2c(ncn2[C@@H]2O[C@@]3(CO[Si](c4ccccc4)(c4ccccc4)C(C)(C)C)[C@H](C)O[C@@H]2[C@@H]3OCc2ccc3ccccc3c2)c(=O)[nH]1. The average molecular weight is 758 g/mol. The van der Waals surface area contributed by atoms with E-state index in [1.54, 1.807) is 18.4 Å². The first-order chi connectivity index (χ1) is 26.4. The Balaban J connectivity index is 1.21. The zero-order valence-corrected chi connectivity index (χ0v) is 33.0. The maximum Gasteiger partial charge on any atom is 0.280 e. The number of anilines is 1. The molecule has 8 rings (SSSR count). The summed E-state index contributed by atoms with van der Waals surface area (Å²) >= 11 is 0. The fourth-order valence-electron chi connectivity index (χ4n) is 8.22. The Morgan fingerprint density at radius 2 is 1.62 bits per heavy atom. The number of hydrogen-bond acceptors (Lipinski definition) is 8. The molecular formula is C43H47N5O6Si. The van der Waals surface area contributed by atoms with E-state index in [0.717, 1.165) is 26.7 Å². The fourth-order valence-corrected chi connectivity index (χ4v) is 12.8. The number of carbonyl (C=O) groups is 1. The molecule has 0 saturated carbocycles. The molecule has 2 aromatic heterocycles. The van der Waals surface area contributed by atoms with E-state index in [4.69, 9.17) is 18.6 Å². The Morgan fingerprint density at radius 3 is 2.27 bits per heavy atom. The van der Waals surface area contributed by atoms with Gasteiger partial charge in [0.05, 0.1) is 25.6 Å². The number of ether oxygens (including phenoxy) is 3. The van der Waals surface area contributed by atoms with Crippen molar-refractivity contribution in [3.63, 3.8) is 0 Å². The van der Waals surface area contributed by atoms with Crippen LogP contribution in [0.5, 0.6) is 0 Å². The number of fused-ring (bicyclic) bond motifs is 4. The summed E-state index contributed by atoms with van der Waals surface area (Å²) in [5.74, 6) is -0.557. The van der Waals surface area contributed by atoms with Gasteiger partial charge >= 0.3 is 0 Å². The smallest absolute Gasteiger partial charge is 0.280 e. The summed E-state index contributed by atoms with van der Waals surface area (Å²) in [4.78, 5) is 37.5. The second-order valence-corrected chi connectivity index (χ2v) is 20.3. The summed E-state index contributed by atoms with van der Waals surface area (Å²) in [6.07, 6.45) is -0.825. The highest BCUT2D eigenvalue weighted by atomic mass is 28.4. The maximum atomic E-state index is 13.2. The number of nitrogens with one attached hydrogen (secondary N) is 2. The first-order valence-electron chi connectivity index (χ1n) is 18.9. The minimum Gasteiger partial charge on any atom is -0.404 e. The molecule has 1 amide bonds. The molecule has 6 aromatic rings. The summed E-state index contributed by atoms with van der Waals surface area (Å²) in [6, 6.07) is 35.6. The molecule has 11 nitrogen and oxygen atoms in total. The van der Waals surface area contributed by atoms with Gasteiger partial charge in [0.15, 0.2) is 17.4 Å². The van der Waals surface area contributed by atoms with Gasteiger partial charge in [-0.25, -0.2) is 4.98 Å². The number of hydrogen-bond donors (Lipinski definition) is 2. The number of rotatable bonds is 11. The van der Waals surface area contributed by atoms with Crippen LogP contribution in [0.25, 0.3) is 21.9 Å². The number of nitrogens with zero attached hydrogens (tertiary/aromatic N) is 3. The molecule has 2 aliphatic rings. The van der Waals surface area contributed by atoms with E-state index in [1.807, 2.05) is 31.2 Å². The minimum atomic E-state index is -3.02. The van der Waals surface area contributed by atoms with E-state index in [9.17, 15) is 9.59 Å². The van der Waals surface area contributed by atoms with Gasteiger partial charge < -0.3 is 18.6 Å². The van der Waals surface area contributed by atoms with E-state index >= 15 is 0 Å². The van der Waals surface area contributed by atoms with Gasteiger partial charge in [-0.15, -0.1) is 0 Å². The molecule has 55 heavy (non-hydrogen) atoms. The van der Waals surface area contributed by atoms with E-state index in [2.05, 4.69) is 120 Å². The van der Waals surface area contributed by atoms with Crippen LogP contribution < -0.4 is 21.2 Å². The van der Waals surface area contributed by atoms with Crippen LogP contribution in [0.4, 0.5) is 5.95 Å². The van der Waals surface area contributed by atoms with Crippen molar-refractivity contribution < 1.29 is 23.4 Å². The van der Waals surface area contributed by atoms with Gasteiger partial charge in [0.2, 0.25) is 11.9 Å². The monoisotopic (exact) mass is 757 g/mol. The van der Waals surface area contributed by atoms with Crippen molar-refractivity contribution in [2.24, 2.45) is 5.92 Å². The Hall–Kier alpha value is -4.98. The molecule has 0 aliphatic carbocycles. The summed E-state index contributed by atoms with van der Waals surface area (Å²) in [5, 5.41) is 7.01. The van der Waals surface area contributed by atoms with Gasteiger partial charge in [0.25, 0.3) is 13.9 Å². The molecule has 0 spiro atoms. The first-order valence-corrected chi connectivity index (χ1v) is 20.8. The van der Waals surface area contributed by atoms with Crippen molar-refractivity contribution in [1.29, 1.82) is 0 Å². The molecule has 12 heteroatoms. The Kier molecular flexibility index (Phi) is 9.59. The summed E-state index contributed by atoms with van der Waals surface area (Å²) in [5.41, 5.74) is -0.148. The highest BCUT2D eigenvalue weighted by Crippen LogP contribution is 2.52. The van der Waals surface area contributed by atoms with Gasteiger partial charge in [0.1, 0.15) is 17.8 Å². The third-order valence-electron chi connectivity index (χ3n) is 11.1. The molecule has 2 fully saturated rings. The number of imidazole rings is 1. The molecule has 4 aromatic carbocycles. The fraction of sp³-hybridized carbons (Fsp3) is 0.349. The second kappa shape index (κ2) is 14.3. The molecular weight excluding hydrogens is 711 g/mol. The molecule has 2 bridgehead atoms. The van der Waals surface area contributed by atoms with Gasteiger partial charge in [-0.3, -0.25) is 24.5 Å². The van der Waals surface area contributed by atoms with Crippen LogP contribution in [0.15, 0.2) is 114 Å². The number of aromatic amines is 1. The Morgan fingerprint density at radius 1 is 0.964 bits per heavy atom. The number of aromatic nitrogens is 4. The maximum absolute atomic E-state index is 13.2. The second-order valence-electron chi connectivity index (χ2n) is 16.0. The molecule has 0 unspecified atom stereocenters. The zero-order chi connectivity index (χ0) is 38.5. The van der Waals surface area contributed by atoms with Crippen molar-refractivity contribution in [2.75, 3.05) is 11.9 Å². The van der Waals surface area contributed by atoms with Crippen LogP contribution >= 0.6 is 0 Å². The average Bonchev–Trinajstić information content (AvgIpc) is 3.82. The largest absolute Gasteiger partial charge is 0.404 e. The van der Waals surface area contributed by atoms with Gasteiger partial charge in [-0.05, 0) is 44.7 Å². The van der Waals surface area contributed by atoms with E-state index in [1.165, 1.54) is 6.33 Å². The molecule has 0 radical (unpaired) electrons. The van der Waals surface area contributed by atoms with Crippen LogP contribution in [0.2, 0.25) is 5.04 Å². The third-order valence-corrected chi connectivity index (χ3v) is 16.1. The van der Waals surface area contributed by atoms with E-state index in [0.29, 0.717) is 6.61 Å². The third kappa shape index (κ3) is 6.41. The Bertz CT molecular complexity index is 2350. The van der Waals surface area contributed by atoms with E-state index < -0.39 is 44.0 Å². The molecule has 284 valence electrons. The minimum absolute atomic E-state index is 0.0317. The number of amides is 1. The number of benzene rings is 4. The van der Waals surface area contributed by atoms with Crippen molar-refractivity contribution >= 4 is 52.5 Å². The topological polar surface area (TPSA) is 130 Å². The molecule has 2 aliphatic heterocycles. The van der Waals surface area contributed by atoms with Crippen LogP contribution in [-0.2, 0) is 30.0 Å². The normalized spacial score (nSPS) is 22.5. The van der Waals surface area contributed by atoms with Gasteiger partial charge in [-0.2, -0.15) is 4.98 Å². The molecule has 2 N–H and O–H groups in total. The zero-order valence-electron chi connectivity index (χ0n) is 32.0. The lowest BCUT2D eigenvalue weighted by Gasteiger charge is -2.46. The van der Waals surface area contributed by atoms with Crippen molar-refractivity contribution in [3.05, 3.63) is 125 Å². The molecule has 5 atom stereocenters. The highest BCUT2D eigenvalue weighted by molar-refractivity contribution is 6.99. The quantitative estimate of drug-likeness (QED) is 0.152. The summed E-state index contributed by atoms with van der Waals surface area (Å²) < 4.78 is 30.2. The predicted molar refractivity (Wildman–Crippen MR) is 215 cm³/mol. The van der Waals surface area contributed by atoms with Crippen LogP contribution in [0, 0.1) is 5.92 Å². The highest BCUT2D eigenvalue weighted by Gasteiger charge is 2.68. The predicted octanol–water partition coefficient (Wildman–Crippen LogP) is 6.08. The first kappa shape index (κ1) is 37.0. The van der Waals surface area contributed by atoms with E-state index in [-0.39, 0.29) is 40.6 Å². The lowest BCUT2D eigenvalue weighted by Crippen LogP contribution is -2.68. The van der Waals surface area contributed by atoms with Gasteiger partial charge in [0, 0.05) is 5.92 Å². The van der Waals surface area contributed by atoms with Crippen molar-refractivity contribution in [3.8, 4) is 0 Å². The standard InChI is InChI=1S/C43H47N5O6Si/c1-27(2)38(49)46-41-45-37-34(39(50)47-41)44-26-48(37)40-35-36(51-24-29-21-22-30-15-13-14-16-31(30)23-29)43(54-40,28(3)53-35)25-52-55(42(4,5)6,32-17-9-7-10-18-32)33-19-11-8-12-20-33/h7-23,26-28,35-36,40H,24-25H2,1-6H3,(H2,45,46,47,49,50)/t28-,35+,36-,40+,43-/m0/s1. The Labute approximate surface area is 321 Å². The van der Waals surface area contributed by atoms with Crippen LogP contribution in [0.3, 0.4) is 0 Å². The number of H-pyrrole nitrogens is 1. The lowest BCUT2D eigenvalue weighted by atomic mass is 9.94. The molecule has 4 heterocycles. The summed E-state index contributed by atoms with van der Waals surface area (Å²) in [7, 11) is -3.02. The van der Waals surface area contributed by atoms with Gasteiger partial charge in [-0.1, -0.05) is 132 Å². The summed E-state index contributed by atoms with van der Waals surface area (Å²) in [6.45, 7) is 12.8.